The first kappa shape index (κ1) is 15.4. The van der Waals surface area contributed by atoms with Crippen molar-refractivity contribution in [1.29, 1.82) is 0 Å². The highest BCUT2D eigenvalue weighted by atomic mass is 19.1. The molecule has 1 aromatic carbocycles. The van der Waals surface area contributed by atoms with Crippen molar-refractivity contribution < 1.29 is 9.50 Å². The number of H-pyrrole nitrogens is 1. The molecule has 120 valence electrons. The number of aromatic amines is 1. The fourth-order valence-electron chi connectivity index (χ4n) is 3.34. The summed E-state index contributed by atoms with van der Waals surface area (Å²) in [7, 11) is 0. The molecular weight excluding hydrogens is 281 g/mol. The number of hydrogen-bond acceptors (Lipinski definition) is 3. The molecule has 22 heavy (non-hydrogen) atoms. The first-order valence-electron chi connectivity index (χ1n) is 8.28. The van der Waals surface area contributed by atoms with Gasteiger partial charge in [-0.2, -0.15) is 0 Å². The largest absolute Gasteiger partial charge is 0.396 e. The number of benzene rings is 1. The number of halogens is 1. The summed E-state index contributed by atoms with van der Waals surface area (Å²) in [4.78, 5) is 10.4. The van der Waals surface area contributed by atoms with Crippen LogP contribution in [0.25, 0.3) is 11.0 Å². The predicted octanol–water partition coefficient (Wildman–Crippen LogP) is 3.39. The molecule has 1 aliphatic heterocycles. The first-order valence-corrected chi connectivity index (χ1v) is 8.28. The number of nitrogens with zero attached hydrogens (tertiary/aromatic N) is 2. The molecule has 1 fully saturated rings. The fourth-order valence-corrected chi connectivity index (χ4v) is 3.34. The second kappa shape index (κ2) is 7.20. The summed E-state index contributed by atoms with van der Waals surface area (Å²) in [5, 5.41) is 8.81. The highest BCUT2D eigenvalue weighted by molar-refractivity contribution is 5.75. The molecule has 2 N–H and O–H groups in total. The highest BCUT2D eigenvalue weighted by Crippen LogP contribution is 2.31. The van der Waals surface area contributed by atoms with Crippen molar-refractivity contribution >= 4 is 11.0 Å². The van der Waals surface area contributed by atoms with E-state index in [1.54, 1.807) is 6.07 Å². The Hall–Kier alpha value is -1.46. The maximum absolute atomic E-state index is 13.3. The van der Waals surface area contributed by atoms with Gasteiger partial charge >= 0.3 is 0 Å². The SMILES string of the molecule is OCCCCCCN1CCCC1c1nc2ccc(F)cc2[nH]1. The number of imidazole rings is 1. The molecule has 0 spiro atoms. The summed E-state index contributed by atoms with van der Waals surface area (Å²) in [5.74, 6) is 0.739. The maximum Gasteiger partial charge on any atom is 0.125 e. The Morgan fingerprint density at radius 2 is 2.14 bits per heavy atom. The van der Waals surface area contributed by atoms with Gasteiger partial charge in [0.1, 0.15) is 11.6 Å². The van der Waals surface area contributed by atoms with E-state index in [1.165, 1.54) is 18.6 Å². The van der Waals surface area contributed by atoms with Crippen LogP contribution in [0.1, 0.15) is 50.4 Å². The van der Waals surface area contributed by atoms with E-state index in [4.69, 9.17) is 5.11 Å². The third-order valence-electron chi connectivity index (χ3n) is 4.49. The topological polar surface area (TPSA) is 52.1 Å². The summed E-state index contributed by atoms with van der Waals surface area (Å²) in [6, 6.07) is 5.03. The minimum atomic E-state index is -0.227. The van der Waals surface area contributed by atoms with Crippen LogP contribution in [0.2, 0.25) is 0 Å². The minimum Gasteiger partial charge on any atom is -0.396 e. The van der Waals surface area contributed by atoms with Crippen LogP contribution in [0, 0.1) is 5.82 Å². The van der Waals surface area contributed by atoms with Gasteiger partial charge in [-0.25, -0.2) is 9.37 Å². The van der Waals surface area contributed by atoms with Gasteiger partial charge in [-0.3, -0.25) is 4.90 Å². The first-order chi connectivity index (χ1) is 10.8. The molecule has 0 aliphatic carbocycles. The molecule has 0 radical (unpaired) electrons. The van der Waals surface area contributed by atoms with Gasteiger partial charge in [-0.15, -0.1) is 0 Å². The van der Waals surface area contributed by atoms with Crippen molar-refractivity contribution in [2.75, 3.05) is 19.7 Å². The molecule has 1 aromatic heterocycles. The van der Waals surface area contributed by atoms with Gasteiger partial charge in [0.25, 0.3) is 0 Å². The monoisotopic (exact) mass is 305 g/mol. The third kappa shape index (κ3) is 3.47. The van der Waals surface area contributed by atoms with Crippen molar-refractivity contribution in [2.24, 2.45) is 0 Å². The summed E-state index contributed by atoms with van der Waals surface area (Å²) in [6.45, 7) is 2.47. The van der Waals surface area contributed by atoms with Crippen LogP contribution in [-0.2, 0) is 0 Å². The van der Waals surface area contributed by atoms with Gasteiger partial charge in [0.2, 0.25) is 0 Å². The lowest BCUT2D eigenvalue weighted by molar-refractivity contribution is 0.240. The zero-order chi connectivity index (χ0) is 15.4. The van der Waals surface area contributed by atoms with Gasteiger partial charge < -0.3 is 10.1 Å². The number of fused-ring (bicyclic) bond motifs is 1. The zero-order valence-corrected chi connectivity index (χ0v) is 12.9. The Kier molecular flexibility index (Phi) is 5.05. The van der Waals surface area contributed by atoms with Crippen molar-refractivity contribution in [3.05, 3.63) is 29.8 Å². The average molecular weight is 305 g/mol. The Balaban J connectivity index is 1.63. The van der Waals surface area contributed by atoms with E-state index < -0.39 is 0 Å². The van der Waals surface area contributed by atoms with E-state index in [2.05, 4.69) is 14.9 Å². The number of aliphatic hydroxyl groups is 1. The lowest BCUT2D eigenvalue weighted by atomic mass is 10.1. The minimum absolute atomic E-state index is 0.227. The van der Waals surface area contributed by atoms with Gasteiger partial charge in [0.15, 0.2) is 0 Å². The molecule has 5 heteroatoms. The summed E-state index contributed by atoms with van der Waals surface area (Å²) < 4.78 is 13.3. The van der Waals surface area contributed by atoms with Crippen LogP contribution in [0.15, 0.2) is 18.2 Å². The molecule has 1 aliphatic rings. The molecular formula is C17H24FN3O. The molecule has 0 bridgehead atoms. The Morgan fingerprint density at radius 1 is 1.27 bits per heavy atom. The number of aliphatic hydroxyl groups excluding tert-OH is 1. The van der Waals surface area contributed by atoms with Crippen LogP contribution in [0.4, 0.5) is 4.39 Å². The van der Waals surface area contributed by atoms with Gasteiger partial charge in [0, 0.05) is 6.61 Å². The number of likely N-dealkylation sites (tertiary alicyclic amines) is 1. The molecule has 0 amide bonds. The smallest absolute Gasteiger partial charge is 0.125 e. The third-order valence-corrected chi connectivity index (χ3v) is 4.49. The van der Waals surface area contributed by atoms with Crippen molar-refractivity contribution in [3.63, 3.8) is 0 Å². The van der Waals surface area contributed by atoms with E-state index in [-0.39, 0.29) is 5.82 Å². The molecule has 1 saturated heterocycles. The molecule has 2 heterocycles. The van der Waals surface area contributed by atoms with Crippen LogP contribution in [0.5, 0.6) is 0 Å². The highest BCUT2D eigenvalue weighted by Gasteiger charge is 2.27. The number of unbranched alkanes of at least 4 members (excludes halogenated alkanes) is 3. The van der Waals surface area contributed by atoms with Gasteiger partial charge in [-0.1, -0.05) is 12.8 Å². The number of aromatic nitrogens is 2. The summed E-state index contributed by atoms with van der Waals surface area (Å²) in [6.07, 6.45) is 6.61. The lowest BCUT2D eigenvalue weighted by Crippen LogP contribution is -2.25. The summed E-state index contributed by atoms with van der Waals surface area (Å²) in [5.41, 5.74) is 1.62. The van der Waals surface area contributed by atoms with E-state index in [9.17, 15) is 4.39 Å². The van der Waals surface area contributed by atoms with Crippen molar-refractivity contribution in [3.8, 4) is 0 Å². The molecule has 2 aromatic rings. The van der Waals surface area contributed by atoms with Crippen LogP contribution < -0.4 is 0 Å². The normalized spacial score (nSPS) is 19.3. The standard InChI is InChI=1S/C17H24FN3O/c18-13-7-8-14-15(12-13)20-17(19-14)16-6-5-10-21(16)9-3-1-2-4-11-22/h7-8,12,16,22H,1-6,9-11H2,(H,19,20). The second-order valence-corrected chi connectivity index (χ2v) is 6.12. The number of nitrogens with one attached hydrogen (secondary N) is 1. The fraction of sp³-hybridized carbons (Fsp3) is 0.588. The van der Waals surface area contributed by atoms with Crippen molar-refractivity contribution in [1.82, 2.24) is 14.9 Å². The van der Waals surface area contributed by atoms with E-state index >= 15 is 0 Å². The molecule has 1 atom stereocenters. The Bertz CT molecular complexity index is 613. The Labute approximate surface area is 130 Å². The van der Waals surface area contributed by atoms with Crippen molar-refractivity contribution in [2.45, 2.75) is 44.6 Å². The molecule has 0 saturated carbocycles. The van der Waals surface area contributed by atoms with Gasteiger partial charge in [0.05, 0.1) is 17.1 Å². The predicted molar refractivity (Wildman–Crippen MR) is 85.2 cm³/mol. The van der Waals surface area contributed by atoms with Crippen LogP contribution >= 0.6 is 0 Å². The van der Waals surface area contributed by atoms with Gasteiger partial charge in [-0.05, 0) is 57.0 Å². The van der Waals surface area contributed by atoms with Crippen LogP contribution in [-0.4, -0.2) is 39.7 Å². The van der Waals surface area contributed by atoms with E-state index in [0.717, 1.165) is 62.1 Å². The number of hydrogen-bond donors (Lipinski definition) is 2. The van der Waals surface area contributed by atoms with E-state index in [0.29, 0.717) is 12.6 Å². The maximum atomic E-state index is 13.3. The zero-order valence-electron chi connectivity index (χ0n) is 12.9. The molecule has 3 rings (SSSR count). The second-order valence-electron chi connectivity index (χ2n) is 6.12. The molecule has 4 nitrogen and oxygen atoms in total. The van der Waals surface area contributed by atoms with Crippen LogP contribution in [0.3, 0.4) is 0 Å². The number of rotatable bonds is 7. The average Bonchev–Trinajstić information content (AvgIpc) is 3.12. The summed E-state index contributed by atoms with van der Waals surface area (Å²) >= 11 is 0. The molecule has 1 unspecified atom stereocenters. The Morgan fingerprint density at radius 3 is 3.00 bits per heavy atom. The van der Waals surface area contributed by atoms with E-state index in [1.807, 2.05) is 0 Å². The lowest BCUT2D eigenvalue weighted by Gasteiger charge is -2.22. The quantitative estimate of drug-likeness (QED) is 0.771.